The summed E-state index contributed by atoms with van der Waals surface area (Å²) in [5.74, 6) is 1.44. The van der Waals surface area contributed by atoms with Gasteiger partial charge < -0.3 is 22.4 Å². The number of rotatable bonds is 6. The fourth-order valence-electron chi connectivity index (χ4n) is 6.69. The number of carbonyl (C=O) groups is 1. The van der Waals surface area contributed by atoms with E-state index in [0.29, 0.717) is 11.5 Å². The van der Waals surface area contributed by atoms with Crippen LogP contribution in [0.2, 0.25) is 0 Å². The number of fused-ring (bicyclic) bond motifs is 3. The summed E-state index contributed by atoms with van der Waals surface area (Å²) in [7, 11) is -2.00. The summed E-state index contributed by atoms with van der Waals surface area (Å²) < 4.78 is 32.5. The van der Waals surface area contributed by atoms with E-state index in [0.717, 1.165) is 66.4 Å². The van der Waals surface area contributed by atoms with Crippen molar-refractivity contribution >= 4 is 36.3 Å². The highest BCUT2D eigenvalue weighted by atomic mass is 31.1. The average molecular weight is 697 g/mol. The zero-order chi connectivity index (χ0) is 37.0. The van der Waals surface area contributed by atoms with Crippen LogP contribution in [0.15, 0.2) is 44.8 Å². The zero-order valence-electron chi connectivity index (χ0n) is 32.5. The van der Waals surface area contributed by atoms with Gasteiger partial charge >= 0.3 is 14.4 Å². The van der Waals surface area contributed by atoms with E-state index >= 15 is 0 Å². The normalized spacial score (nSPS) is 11.9. The molecule has 1 heterocycles. The summed E-state index contributed by atoms with van der Waals surface area (Å²) in [4.78, 5) is 13.0. The second kappa shape index (κ2) is 13.9. The maximum Gasteiger partial charge on any atom is 0.514 e. The molecule has 0 saturated heterocycles. The molecule has 0 aliphatic heterocycles. The van der Waals surface area contributed by atoms with Crippen molar-refractivity contribution in [2.24, 2.45) is 0 Å². The molecule has 0 bridgehead atoms. The molecule has 0 unspecified atom stereocenters. The first-order valence-corrected chi connectivity index (χ1v) is 18.6. The second-order valence-electron chi connectivity index (χ2n) is 15.5. The Morgan fingerprint density at radius 3 is 1.46 bits per heavy atom. The first-order valence-electron chi connectivity index (χ1n) is 17.5. The van der Waals surface area contributed by atoms with Gasteiger partial charge in [0.25, 0.3) is 0 Å². The minimum Gasteiger partial charge on any atom is -0.428 e. The van der Waals surface area contributed by atoms with Gasteiger partial charge in [-0.25, -0.2) is 4.79 Å². The fraction of sp³-hybridized carbons (Fsp3) is 0.419. The van der Waals surface area contributed by atoms with Crippen molar-refractivity contribution in [1.29, 1.82) is 0 Å². The van der Waals surface area contributed by atoms with Gasteiger partial charge in [-0.05, 0) is 156 Å². The Bertz CT molecular complexity index is 2100. The largest absolute Gasteiger partial charge is 0.514 e. The molecule has 266 valence electrons. The Morgan fingerprint density at radius 1 is 0.620 bits per heavy atom. The van der Waals surface area contributed by atoms with E-state index in [9.17, 15) is 4.79 Å². The topological polar surface area (TPSA) is 71.0 Å². The van der Waals surface area contributed by atoms with Crippen LogP contribution < -0.4 is 9.26 Å². The lowest BCUT2D eigenvalue weighted by Crippen LogP contribution is -2.26. The smallest absolute Gasteiger partial charge is 0.428 e. The molecule has 6 nitrogen and oxygen atoms in total. The number of hydrogen-bond donors (Lipinski definition) is 0. The highest BCUT2D eigenvalue weighted by Gasteiger charge is 2.26. The van der Waals surface area contributed by atoms with Crippen molar-refractivity contribution in [2.75, 3.05) is 0 Å². The first kappa shape index (κ1) is 37.1. The molecular weight excluding hydrogens is 643 g/mol. The monoisotopic (exact) mass is 696 g/mol. The van der Waals surface area contributed by atoms with Crippen LogP contribution in [0, 0.1) is 55.4 Å². The molecule has 50 heavy (non-hydrogen) atoms. The average Bonchev–Trinajstić information content (AvgIpc) is 3.15. The highest BCUT2D eigenvalue weighted by molar-refractivity contribution is 7.32. The van der Waals surface area contributed by atoms with Gasteiger partial charge in [-0.3, -0.25) is 0 Å². The summed E-state index contributed by atoms with van der Waals surface area (Å²) >= 11 is 0. The van der Waals surface area contributed by atoms with Gasteiger partial charge in [0.2, 0.25) is 0 Å². The molecule has 0 radical (unpaired) electrons. The minimum absolute atomic E-state index is 0.204. The van der Waals surface area contributed by atoms with Crippen molar-refractivity contribution < 1.29 is 27.2 Å². The third kappa shape index (κ3) is 7.32. The van der Waals surface area contributed by atoms with Gasteiger partial charge in [0.05, 0.1) is 0 Å². The molecule has 0 saturated carbocycles. The van der Waals surface area contributed by atoms with Crippen LogP contribution in [0.5, 0.6) is 11.5 Å². The molecule has 5 aromatic rings. The Kier molecular flexibility index (Phi) is 10.3. The van der Waals surface area contributed by atoms with E-state index in [1.54, 1.807) is 0 Å². The number of aryl methyl sites for hydroxylation is 8. The van der Waals surface area contributed by atoms with Crippen molar-refractivity contribution in [3.63, 3.8) is 0 Å². The third-order valence-corrected chi connectivity index (χ3v) is 10.3. The van der Waals surface area contributed by atoms with Crippen LogP contribution in [0.1, 0.15) is 116 Å². The third-order valence-electron chi connectivity index (χ3n) is 9.35. The van der Waals surface area contributed by atoms with Crippen LogP contribution >= 0.6 is 8.24 Å². The van der Waals surface area contributed by atoms with Crippen molar-refractivity contribution in [1.82, 2.24) is 0 Å². The van der Waals surface area contributed by atoms with Crippen LogP contribution in [0.25, 0.3) is 33.1 Å². The Hall–Kier alpha value is -4.15. The van der Waals surface area contributed by atoms with Gasteiger partial charge in [0.1, 0.15) is 28.3 Å². The lowest BCUT2D eigenvalue weighted by Gasteiger charge is -2.21. The van der Waals surface area contributed by atoms with Gasteiger partial charge in [-0.15, -0.1) is 0 Å². The highest BCUT2D eigenvalue weighted by Crippen LogP contribution is 2.48. The quantitative estimate of drug-likeness (QED) is 0.130. The molecule has 0 aliphatic carbocycles. The van der Waals surface area contributed by atoms with Crippen molar-refractivity contribution in [3.05, 3.63) is 92.0 Å². The maximum atomic E-state index is 13.0. The van der Waals surface area contributed by atoms with E-state index in [2.05, 4.69) is 79.7 Å². The summed E-state index contributed by atoms with van der Waals surface area (Å²) in [5.41, 5.74) is 13.2. The Labute approximate surface area is 298 Å². The van der Waals surface area contributed by atoms with Gasteiger partial charge in [0, 0.05) is 21.9 Å². The van der Waals surface area contributed by atoms with Crippen molar-refractivity contribution in [3.8, 4) is 22.6 Å². The van der Waals surface area contributed by atoms with E-state index in [-0.39, 0.29) is 11.8 Å². The Balaban J connectivity index is 1.87. The molecular formula is C43H53O6P. The van der Waals surface area contributed by atoms with Gasteiger partial charge in [-0.2, -0.15) is 0 Å². The fourth-order valence-corrected chi connectivity index (χ4v) is 7.89. The Morgan fingerprint density at radius 2 is 1.04 bits per heavy atom. The lowest BCUT2D eigenvalue weighted by molar-refractivity contribution is 0.0205. The predicted molar refractivity (Wildman–Crippen MR) is 207 cm³/mol. The number of ether oxygens (including phenoxy) is 2. The van der Waals surface area contributed by atoms with E-state index in [4.69, 9.17) is 22.4 Å². The summed E-state index contributed by atoms with van der Waals surface area (Å²) in [6, 6.07) is 12.6. The van der Waals surface area contributed by atoms with Crippen LogP contribution in [0.3, 0.4) is 0 Å². The van der Waals surface area contributed by atoms with Gasteiger partial charge in [0.15, 0.2) is 0 Å². The molecule has 4 aromatic carbocycles. The maximum absolute atomic E-state index is 13.0. The van der Waals surface area contributed by atoms with Crippen LogP contribution in [0.4, 0.5) is 4.79 Å². The number of benzene rings is 4. The molecule has 1 aromatic heterocycles. The van der Waals surface area contributed by atoms with Gasteiger partial charge in [-0.1, -0.05) is 52.0 Å². The van der Waals surface area contributed by atoms with E-state index in [1.165, 1.54) is 22.3 Å². The van der Waals surface area contributed by atoms with E-state index in [1.807, 2.05) is 60.6 Å². The molecule has 0 N–H and O–H groups in total. The molecule has 0 amide bonds. The van der Waals surface area contributed by atoms with Crippen molar-refractivity contribution in [2.45, 2.75) is 121 Å². The SMILES string of the molecule is Cc1cc(C)c(OC(=O)OC(C)(C)C)c(-c2cc(C)cc(C)c2Op2oc3c(C(C)C)cc(C)c(C)c3c3c(C)c(C)cc(C(C)C)c3o2)c1. The lowest BCUT2D eigenvalue weighted by atomic mass is 9.89. The van der Waals surface area contributed by atoms with Crippen LogP contribution in [-0.2, 0) is 4.74 Å². The second-order valence-corrected chi connectivity index (χ2v) is 16.5. The summed E-state index contributed by atoms with van der Waals surface area (Å²) in [6.45, 7) is 31.0. The zero-order valence-corrected chi connectivity index (χ0v) is 33.4. The molecule has 0 atom stereocenters. The molecule has 5 rings (SSSR count). The minimum atomic E-state index is -2.00. The molecule has 0 fully saturated rings. The summed E-state index contributed by atoms with van der Waals surface area (Å²) in [5, 5.41) is 2.15. The van der Waals surface area contributed by atoms with E-state index < -0.39 is 20.0 Å². The first-order chi connectivity index (χ1) is 23.3. The number of carbonyl (C=O) groups excluding carboxylic acids is 1. The molecule has 7 heteroatoms. The standard InChI is InChI=1S/C43H53O6P/c1-22(2)32-20-26(7)30(11)36-37-31(12)27(8)21-33(23(3)4)41(37)49-50(48-40(32)36)47-39-29(10)17-25(6)19-35(39)34-18-24(5)16-28(9)38(34)45-42(44)46-43(13,14)15/h16-23H,1-15H3. The molecule has 0 spiro atoms. The van der Waals surface area contributed by atoms with Crippen LogP contribution in [-0.4, -0.2) is 11.8 Å². The number of hydrogen-bond acceptors (Lipinski definition) is 6. The summed E-state index contributed by atoms with van der Waals surface area (Å²) in [6.07, 6.45) is -0.760. The molecule has 0 aliphatic rings. The predicted octanol–water partition coefficient (Wildman–Crippen LogP) is 13.8.